The predicted octanol–water partition coefficient (Wildman–Crippen LogP) is 0.976. The Morgan fingerprint density at radius 3 is 2.50 bits per heavy atom. The summed E-state index contributed by atoms with van der Waals surface area (Å²) >= 11 is 0. The lowest BCUT2D eigenvalue weighted by molar-refractivity contribution is 0.0742. The number of pyridine rings is 1. The Kier molecular flexibility index (Phi) is 4.68. The minimum atomic E-state index is -0.289. The molecule has 0 atom stereocenters. The number of amides is 1. The van der Waals surface area contributed by atoms with Gasteiger partial charge >= 0.3 is 0 Å². The Bertz CT molecular complexity index is 622. The number of carbonyl (C=O) groups excluding carboxylic acids is 1. The molecule has 5 heteroatoms. The first-order chi connectivity index (χ1) is 9.70. The van der Waals surface area contributed by atoms with Crippen LogP contribution < -0.4 is 11.3 Å². The maximum absolute atomic E-state index is 12.4. The molecule has 0 bridgehead atoms. The number of aromatic nitrogens is 1. The van der Waals surface area contributed by atoms with Crippen molar-refractivity contribution in [3.05, 3.63) is 70.1 Å². The fraction of sp³-hybridized carbons (Fsp3) is 0.200. The number of carbonyl (C=O) groups is 1. The number of nitrogens with one attached hydrogen (secondary N) is 1. The van der Waals surface area contributed by atoms with Gasteiger partial charge in [0, 0.05) is 25.7 Å². The van der Waals surface area contributed by atoms with E-state index < -0.39 is 0 Å². The van der Waals surface area contributed by atoms with Gasteiger partial charge in [0.25, 0.3) is 5.91 Å². The first kappa shape index (κ1) is 14.0. The lowest BCUT2D eigenvalue weighted by Gasteiger charge is -2.22. The molecule has 2 aromatic rings. The number of aromatic amines is 1. The van der Waals surface area contributed by atoms with Crippen LogP contribution in [0.25, 0.3) is 0 Å². The number of nitrogens with zero attached hydrogens (tertiary/aromatic N) is 1. The summed E-state index contributed by atoms with van der Waals surface area (Å²) in [4.78, 5) is 27.8. The predicted molar refractivity (Wildman–Crippen MR) is 77.3 cm³/mol. The zero-order valence-electron chi connectivity index (χ0n) is 11.1. The van der Waals surface area contributed by atoms with E-state index in [2.05, 4.69) is 4.98 Å². The molecule has 0 radical (unpaired) electrons. The Morgan fingerprint density at radius 2 is 1.85 bits per heavy atom. The van der Waals surface area contributed by atoms with E-state index in [1.165, 1.54) is 6.07 Å². The molecule has 0 fully saturated rings. The standard InChI is InChI=1S/C15H17N3O2/c16-9-10-18(11-12-5-2-1-3-6-12)15(20)13-7-4-8-14(19)17-13/h1-8H,9-11,16H2,(H,17,19). The van der Waals surface area contributed by atoms with E-state index in [0.717, 1.165) is 5.56 Å². The molecule has 5 nitrogen and oxygen atoms in total. The van der Waals surface area contributed by atoms with Crippen molar-refractivity contribution in [2.75, 3.05) is 13.1 Å². The first-order valence-corrected chi connectivity index (χ1v) is 6.43. The van der Waals surface area contributed by atoms with Crippen molar-refractivity contribution in [2.45, 2.75) is 6.54 Å². The molecule has 0 aliphatic heterocycles. The highest BCUT2D eigenvalue weighted by atomic mass is 16.2. The fourth-order valence-corrected chi connectivity index (χ4v) is 1.95. The average molecular weight is 271 g/mol. The summed E-state index contributed by atoms with van der Waals surface area (Å²) in [6.45, 7) is 1.27. The molecule has 1 amide bonds. The van der Waals surface area contributed by atoms with Gasteiger partial charge in [-0.25, -0.2) is 0 Å². The van der Waals surface area contributed by atoms with Crippen LogP contribution in [-0.2, 0) is 6.54 Å². The van der Waals surface area contributed by atoms with Gasteiger partial charge in [-0.2, -0.15) is 0 Å². The van der Waals surface area contributed by atoms with Crippen LogP contribution in [0.1, 0.15) is 16.1 Å². The number of hydrogen-bond acceptors (Lipinski definition) is 3. The summed E-state index contributed by atoms with van der Waals surface area (Å²) in [5.41, 5.74) is 6.57. The quantitative estimate of drug-likeness (QED) is 0.850. The van der Waals surface area contributed by atoms with Crippen LogP contribution in [0.4, 0.5) is 0 Å². The number of benzene rings is 1. The second kappa shape index (κ2) is 6.68. The molecule has 1 aromatic heterocycles. The Balaban J connectivity index is 2.20. The van der Waals surface area contributed by atoms with Crippen LogP contribution in [0.15, 0.2) is 53.3 Å². The summed E-state index contributed by atoms with van der Waals surface area (Å²) < 4.78 is 0. The van der Waals surface area contributed by atoms with Crippen molar-refractivity contribution in [3.63, 3.8) is 0 Å². The maximum Gasteiger partial charge on any atom is 0.270 e. The van der Waals surface area contributed by atoms with Crippen molar-refractivity contribution >= 4 is 5.91 Å². The average Bonchev–Trinajstić information content (AvgIpc) is 2.47. The van der Waals surface area contributed by atoms with Crippen molar-refractivity contribution in [2.24, 2.45) is 5.73 Å². The minimum Gasteiger partial charge on any atom is -0.332 e. The van der Waals surface area contributed by atoms with E-state index in [4.69, 9.17) is 5.73 Å². The molecule has 0 aliphatic rings. The van der Waals surface area contributed by atoms with E-state index in [0.29, 0.717) is 19.6 Å². The summed E-state index contributed by atoms with van der Waals surface area (Å²) in [6, 6.07) is 14.2. The topological polar surface area (TPSA) is 79.2 Å². The third-order valence-electron chi connectivity index (χ3n) is 2.90. The first-order valence-electron chi connectivity index (χ1n) is 6.43. The second-order valence-electron chi connectivity index (χ2n) is 4.43. The van der Waals surface area contributed by atoms with E-state index >= 15 is 0 Å². The third-order valence-corrected chi connectivity index (χ3v) is 2.90. The third kappa shape index (κ3) is 3.55. The van der Waals surface area contributed by atoms with Crippen LogP contribution >= 0.6 is 0 Å². The largest absolute Gasteiger partial charge is 0.332 e. The van der Waals surface area contributed by atoms with E-state index in [1.54, 1.807) is 17.0 Å². The van der Waals surface area contributed by atoms with Gasteiger partial charge in [-0.1, -0.05) is 36.4 Å². The van der Waals surface area contributed by atoms with Gasteiger partial charge in [0.2, 0.25) is 5.56 Å². The van der Waals surface area contributed by atoms with Gasteiger partial charge in [-0.15, -0.1) is 0 Å². The van der Waals surface area contributed by atoms with E-state index in [1.807, 2.05) is 30.3 Å². The van der Waals surface area contributed by atoms with Gasteiger partial charge in [-0.05, 0) is 11.6 Å². The molecule has 1 aromatic carbocycles. The minimum absolute atomic E-state index is 0.225. The molecule has 20 heavy (non-hydrogen) atoms. The summed E-state index contributed by atoms with van der Waals surface area (Å²) in [5, 5.41) is 0. The van der Waals surface area contributed by atoms with Crippen LogP contribution in [0, 0.1) is 0 Å². The number of nitrogens with two attached hydrogens (primary N) is 1. The lowest BCUT2D eigenvalue weighted by atomic mass is 10.2. The number of hydrogen-bond donors (Lipinski definition) is 2. The van der Waals surface area contributed by atoms with Gasteiger partial charge in [0.1, 0.15) is 5.69 Å². The zero-order chi connectivity index (χ0) is 14.4. The number of H-pyrrole nitrogens is 1. The fourth-order valence-electron chi connectivity index (χ4n) is 1.95. The molecular formula is C15H17N3O2. The summed E-state index contributed by atoms with van der Waals surface area (Å²) in [5.74, 6) is -0.225. The van der Waals surface area contributed by atoms with Crippen LogP contribution in [0.5, 0.6) is 0 Å². The highest BCUT2D eigenvalue weighted by Gasteiger charge is 2.16. The Hall–Kier alpha value is -2.40. The van der Waals surface area contributed by atoms with Crippen LogP contribution in [0.2, 0.25) is 0 Å². The molecule has 0 unspecified atom stereocenters. The maximum atomic E-state index is 12.4. The van der Waals surface area contributed by atoms with Gasteiger partial charge in [-0.3, -0.25) is 9.59 Å². The summed E-state index contributed by atoms with van der Waals surface area (Å²) in [6.07, 6.45) is 0. The monoisotopic (exact) mass is 271 g/mol. The number of rotatable bonds is 5. The van der Waals surface area contributed by atoms with Crippen molar-refractivity contribution in [1.82, 2.24) is 9.88 Å². The molecule has 104 valence electrons. The second-order valence-corrected chi connectivity index (χ2v) is 4.43. The molecule has 0 saturated carbocycles. The van der Waals surface area contributed by atoms with Crippen molar-refractivity contribution < 1.29 is 4.79 Å². The van der Waals surface area contributed by atoms with Crippen LogP contribution in [-0.4, -0.2) is 28.9 Å². The molecule has 1 heterocycles. The molecule has 0 aliphatic carbocycles. The van der Waals surface area contributed by atoms with Crippen molar-refractivity contribution in [3.8, 4) is 0 Å². The summed E-state index contributed by atoms with van der Waals surface area (Å²) in [7, 11) is 0. The highest BCUT2D eigenvalue weighted by molar-refractivity contribution is 5.92. The van der Waals surface area contributed by atoms with Crippen LogP contribution in [0.3, 0.4) is 0 Å². The zero-order valence-corrected chi connectivity index (χ0v) is 11.1. The Morgan fingerprint density at radius 1 is 1.10 bits per heavy atom. The molecule has 3 N–H and O–H groups in total. The SMILES string of the molecule is NCCN(Cc1ccccc1)C(=O)c1cccc(=O)[nH]1. The molecule has 0 spiro atoms. The van der Waals surface area contributed by atoms with Gasteiger partial charge < -0.3 is 15.6 Å². The Labute approximate surface area is 117 Å². The molecule has 2 rings (SSSR count). The van der Waals surface area contributed by atoms with Gasteiger partial charge in [0.15, 0.2) is 0 Å². The van der Waals surface area contributed by atoms with Gasteiger partial charge in [0.05, 0.1) is 0 Å². The van der Waals surface area contributed by atoms with Crippen molar-refractivity contribution in [1.29, 1.82) is 0 Å². The normalized spacial score (nSPS) is 10.2. The van der Waals surface area contributed by atoms with E-state index in [-0.39, 0.29) is 17.2 Å². The molecular weight excluding hydrogens is 254 g/mol. The highest BCUT2D eigenvalue weighted by Crippen LogP contribution is 2.07. The molecule has 0 saturated heterocycles. The lowest BCUT2D eigenvalue weighted by Crippen LogP contribution is -2.36. The van der Waals surface area contributed by atoms with E-state index in [9.17, 15) is 9.59 Å². The smallest absolute Gasteiger partial charge is 0.270 e.